The van der Waals surface area contributed by atoms with Crippen LogP contribution in [0.2, 0.25) is 0 Å². The van der Waals surface area contributed by atoms with Gasteiger partial charge < -0.3 is 9.80 Å². The van der Waals surface area contributed by atoms with Crippen LogP contribution in [-0.4, -0.2) is 48.5 Å². The molecule has 0 spiro atoms. The van der Waals surface area contributed by atoms with Gasteiger partial charge in [-0.25, -0.2) is 4.39 Å². The fraction of sp³-hybridized carbons (Fsp3) is 0.556. The van der Waals surface area contributed by atoms with E-state index in [0.717, 1.165) is 49.5 Å². The fourth-order valence-corrected chi connectivity index (χ4v) is 4.80. The molecule has 0 radical (unpaired) electrons. The highest BCUT2D eigenvalue weighted by Crippen LogP contribution is 2.29. The van der Waals surface area contributed by atoms with Gasteiger partial charge in [-0.2, -0.15) is 17.0 Å². The summed E-state index contributed by atoms with van der Waals surface area (Å²) in [7, 11) is 1.93. The SMILES string of the molecule is CN(C(=O)C1CCN(c2ccc(F)cc2C#N)CC1)C1CCSC1. The third-order valence-corrected chi connectivity index (χ3v) is 6.21. The number of anilines is 1. The van der Waals surface area contributed by atoms with Gasteiger partial charge in [0.2, 0.25) is 5.91 Å². The third-order valence-electron chi connectivity index (χ3n) is 5.06. The van der Waals surface area contributed by atoms with E-state index in [2.05, 4.69) is 11.0 Å². The van der Waals surface area contributed by atoms with Gasteiger partial charge in [-0.1, -0.05) is 0 Å². The van der Waals surface area contributed by atoms with Crippen LogP contribution < -0.4 is 4.90 Å². The van der Waals surface area contributed by atoms with Crippen molar-refractivity contribution >= 4 is 23.4 Å². The van der Waals surface area contributed by atoms with Crippen molar-refractivity contribution in [2.24, 2.45) is 5.92 Å². The Kier molecular flexibility index (Phi) is 5.30. The van der Waals surface area contributed by atoms with E-state index in [4.69, 9.17) is 0 Å². The predicted octanol–water partition coefficient (Wildman–Crippen LogP) is 2.88. The van der Waals surface area contributed by atoms with Gasteiger partial charge in [-0.05, 0) is 43.2 Å². The van der Waals surface area contributed by atoms with Crippen LogP contribution in [0.1, 0.15) is 24.8 Å². The minimum Gasteiger partial charge on any atom is -0.370 e. The van der Waals surface area contributed by atoms with Gasteiger partial charge in [-0.15, -0.1) is 0 Å². The second-order valence-corrected chi connectivity index (χ2v) is 7.65. The summed E-state index contributed by atoms with van der Waals surface area (Å²) in [6.45, 7) is 1.45. The molecule has 2 aliphatic heterocycles. The maximum Gasteiger partial charge on any atom is 0.225 e. The molecule has 0 aliphatic carbocycles. The molecule has 2 aliphatic rings. The summed E-state index contributed by atoms with van der Waals surface area (Å²) in [5.41, 5.74) is 1.13. The van der Waals surface area contributed by atoms with Crippen molar-refractivity contribution in [3.05, 3.63) is 29.6 Å². The summed E-state index contributed by atoms with van der Waals surface area (Å²) < 4.78 is 13.3. The van der Waals surface area contributed by atoms with Crippen molar-refractivity contribution in [3.8, 4) is 6.07 Å². The van der Waals surface area contributed by atoms with Crippen molar-refractivity contribution in [1.82, 2.24) is 4.90 Å². The third kappa shape index (κ3) is 3.51. The van der Waals surface area contributed by atoms with Crippen LogP contribution in [0.5, 0.6) is 0 Å². The monoisotopic (exact) mass is 347 g/mol. The number of nitriles is 1. The molecule has 0 bridgehead atoms. The minimum atomic E-state index is -0.392. The summed E-state index contributed by atoms with van der Waals surface area (Å²) >= 11 is 1.91. The van der Waals surface area contributed by atoms with Crippen LogP contribution in [0.25, 0.3) is 0 Å². The minimum absolute atomic E-state index is 0.0582. The molecule has 4 nitrogen and oxygen atoms in total. The van der Waals surface area contributed by atoms with Gasteiger partial charge in [0.15, 0.2) is 0 Å². The van der Waals surface area contributed by atoms with E-state index in [1.165, 1.54) is 12.1 Å². The standard InChI is InChI=1S/C18H22FN3OS/c1-21(16-6-9-24-12-16)18(23)13-4-7-22(8-5-13)17-3-2-15(19)10-14(17)11-20/h2-3,10,13,16H,4-9,12H2,1H3. The molecule has 0 aromatic heterocycles. The maximum absolute atomic E-state index is 13.3. The molecule has 0 N–H and O–H groups in total. The summed E-state index contributed by atoms with van der Waals surface area (Å²) in [6, 6.07) is 6.77. The number of hydrogen-bond acceptors (Lipinski definition) is 4. The largest absolute Gasteiger partial charge is 0.370 e. The Balaban J connectivity index is 1.61. The number of nitrogens with zero attached hydrogens (tertiary/aromatic N) is 3. The molecular formula is C18H22FN3OS. The molecule has 2 heterocycles. The highest BCUT2D eigenvalue weighted by Gasteiger charge is 2.31. The maximum atomic E-state index is 13.3. The highest BCUT2D eigenvalue weighted by molar-refractivity contribution is 7.99. The zero-order valence-electron chi connectivity index (χ0n) is 13.9. The van der Waals surface area contributed by atoms with E-state index >= 15 is 0 Å². The molecule has 2 saturated heterocycles. The molecule has 1 amide bonds. The van der Waals surface area contributed by atoms with Crippen molar-refractivity contribution in [1.29, 1.82) is 5.26 Å². The number of thioether (sulfide) groups is 1. The van der Waals surface area contributed by atoms with E-state index in [-0.39, 0.29) is 11.8 Å². The second-order valence-electron chi connectivity index (χ2n) is 6.50. The lowest BCUT2D eigenvalue weighted by molar-refractivity contribution is -0.136. The predicted molar refractivity (Wildman–Crippen MR) is 94.6 cm³/mol. The number of piperidine rings is 1. The number of rotatable bonds is 3. The van der Waals surface area contributed by atoms with Gasteiger partial charge >= 0.3 is 0 Å². The highest BCUT2D eigenvalue weighted by atomic mass is 32.2. The van der Waals surface area contributed by atoms with Crippen LogP contribution in [-0.2, 0) is 4.79 Å². The smallest absolute Gasteiger partial charge is 0.225 e. The molecule has 3 rings (SSSR count). The summed E-state index contributed by atoms with van der Waals surface area (Å²) in [5.74, 6) is 2.10. The van der Waals surface area contributed by atoms with Crippen LogP contribution in [0.15, 0.2) is 18.2 Å². The van der Waals surface area contributed by atoms with Gasteiger partial charge in [0.1, 0.15) is 11.9 Å². The Morgan fingerprint density at radius 3 is 2.75 bits per heavy atom. The quantitative estimate of drug-likeness (QED) is 0.843. The molecule has 1 aromatic rings. The average molecular weight is 347 g/mol. The van der Waals surface area contributed by atoms with Crippen LogP contribution in [0.4, 0.5) is 10.1 Å². The first-order chi connectivity index (χ1) is 11.6. The molecule has 1 atom stereocenters. The van der Waals surface area contributed by atoms with Crippen LogP contribution in [0.3, 0.4) is 0 Å². The van der Waals surface area contributed by atoms with Crippen molar-refractivity contribution in [3.63, 3.8) is 0 Å². The zero-order valence-corrected chi connectivity index (χ0v) is 14.7. The molecule has 0 saturated carbocycles. The normalized spacial score (nSPS) is 21.5. The van der Waals surface area contributed by atoms with E-state index in [9.17, 15) is 14.4 Å². The summed E-state index contributed by atoms with van der Waals surface area (Å²) in [6.07, 6.45) is 2.66. The van der Waals surface area contributed by atoms with Gasteiger partial charge in [-0.3, -0.25) is 4.79 Å². The first kappa shape index (κ1) is 17.1. The first-order valence-corrected chi connectivity index (χ1v) is 9.54. The average Bonchev–Trinajstić information content (AvgIpc) is 3.15. The van der Waals surface area contributed by atoms with Crippen molar-refractivity contribution < 1.29 is 9.18 Å². The molecule has 1 unspecified atom stereocenters. The number of carbonyl (C=O) groups excluding carboxylic acids is 1. The lowest BCUT2D eigenvalue weighted by Gasteiger charge is -2.36. The first-order valence-electron chi connectivity index (χ1n) is 8.39. The van der Waals surface area contributed by atoms with E-state index < -0.39 is 5.82 Å². The Morgan fingerprint density at radius 1 is 1.38 bits per heavy atom. The molecule has 24 heavy (non-hydrogen) atoms. The van der Waals surface area contributed by atoms with Gasteiger partial charge in [0.25, 0.3) is 0 Å². The molecule has 128 valence electrons. The summed E-state index contributed by atoms with van der Waals surface area (Å²) in [5, 5.41) is 9.20. The van der Waals surface area contributed by atoms with E-state index in [1.54, 1.807) is 6.07 Å². The van der Waals surface area contributed by atoms with Crippen molar-refractivity contribution in [2.45, 2.75) is 25.3 Å². The molecule has 6 heteroatoms. The number of amides is 1. The second kappa shape index (κ2) is 7.43. The number of hydrogen-bond donors (Lipinski definition) is 0. The van der Waals surface area contributed by atoms with Gasteiger partial charge in [0, 0.05) is 37.8 Å². The van der Waals surface area contributed by atoms with E-state index in [1.807, 2.05) is 23.7 Å². The number of halogens is 1. The lowest BCUT2D eigenvalue weighted by atomic mass is 9.94. The Labute approximate surface area is 146 Å². The van der Waals surface area contributed by atoms with Crippen LogP contribution >= 0.6 is 11.8 Å². The molecular weight excluding hydrogens is 325 g/mol. The van der Waals surface area contributed by atoms with Crippen molar-refractivity contribution in [2.75, 3.05) is 36.5 Å². The Hall–Kier alpha value is -1.74. The Morgan fingerprint density at radius 2 is 2.12 bits per heavy atom. The zero-order chi connectivity index (χ0) is 17.1. The van der Waals surface area contributed by atoms with Gasteiger partial charge in [0.05, 0.1) is 11.3 Å². The summed E-state index contributed by atoms with van der Waals surface area (Å²) in [4.78, 5) is 16.7. The lowest BCUT2D eigenvalue weighted by Crippen LogP contribution is -2.45. The Bertz CT molecular complexity index is 646. The molecule has 2 fully saturated rings. The number of benzene rings is 1. The number of carbonyl (C=O) groups is 1. The molecule has 1 aromatic carbocycles. The topological polar surface area (TPSA) is 47.3 Å². The van der Waals surface area contributed by atoms with E-state index in [0.29, 0.717) is 11.6 Å². The van der Waals surface area contributed by atoms with Crippen LogP contribution in [0, 0.1) is 23.1 Å². The fourth-order valence-electron chi connectivity index (χ4n) is 3.54.